The summed E-state index contributed by atoms with van der Waals surface area (Å²) in [5.74, 6) is 0. The fourth-order valence-electron chi connectivity index (χ4n) is 2.20. The molecule has 1 unspecified atom stereocenters. The SMILES string of the molecule is Cc1cncc(C(O)c2cn(C)nc2C(C)(C)C)c1. The largest absolute Gasteiger partial charge is 0.383 e. The third kappa shape index (κ3) is 2.84. The van der Waals surface area contributed by atoms with Crippen molar-refractivity contribution in [3.63, 3.8) is 0 Å². The van der Waals surface area contributed by atoms with Crippen LogP contribution in [0.5, 0.6) is 0 Å². The van der Waals surface area contributed by atoms with Crippen LogP contribution in [-0.4, -0.2) is 19.9 Å². The average molecular weight is 259 g/mol. The van der Waals surface area contributed by atoms with Gasteiger partial charge in [0, 0.05) is 42.2 Å². The highest BCUT2D eigenvalue weighted by atomic mass is 16.3. The van der Waals surface area contributed by atoms with Gasteiger partial charge in [0.1, 0.15) is 6.10 Å². The molecule has 2 aromatic rings. The van der Waals surface area contributed by atoms with E-state index in [1.54, 1.807) is 17.1 Å². The smallest absolute Gasteiger partial charge is 0.109 e. The molecule has 2 heterocycles. The Hall–Kier alpha value is -1.68. The van der Waals surface area contributed by atoms with Crippen LogP contribution in [0.25, 0.3) is 0 Å². The van der Waals surface area contributed by atoms with E-state index < -0.39 is 6.10 Å². The molecule has 0 aliphatic heterocycles. The second kappa shape index (κ2) is 4.78. The van der Waals surface area contributed by atoms with Gasteiger partial charge in [-0.05, 0) is 12.5 Å². The van der Waals surface area contributed by atoms with Crippen LogP contribution in [0, 0.1) is 6.92 Å². The molecule has 1 N–H and O–H groups in total. The Bertz CT molecular complexity index is 581. The van der Waals surface area contributed by atoms with Crippen LogP contribution in [0.2, 0.25) is 0 Å². The third-order valence-electron chi connectivity index (χ3n) is 3.07. The van der Waals surface area contributed by atoms with Crippen molar-refractivity contribution in [2.24, 2.45) is 7.05 Å². The van der Waals surface area contributed by atoms with Gasteiger partial charge < -0.3 is 5.11 Å². The van der Waals surface area contributed by atoms with E-state index in [-0.39, 0.29) is 5.41 Å². The number of aliphatic hydroxyl groups excluding tert-OH is 1. The first kappa shape index (κ1) is 13.7. The maximum atomic E-state index is 10.6. The summed E-state index contributed by atoms with van der Waals surface area (Å²) < 4.78 is 1.75. The highest BCUT2D eigenvalue weighted by Gasteiger charge is 2.26. The van der Waals surface area contributed by atoms with Gasteiger partial charge in [-0.25, -0.2) is 0 Å². The summed E-state index contributed by atoms with van der Waals surface area (Å²) in [7, 11) is 1.87. The Morgan fingerprint density at radius 1 is 1.26 bits per heavy atom. The number of aliphatic hydroxyl groups is 1. The minimum absolute atomic E-state index is 0.102. The summed E-state index contributed by atoms with van der Waals surface area (Å²) >= 11 is 0. The van der Waals surface area contributed by atoms with E-state index in [9.17, 15) is 5.11 Å². The number of pyridine rings is 1. The first-order chi connectivity index (χ1) is 8.79. The van der Waals surface area contributed by atoms with E-state index in [1.165, 1.54) is 0 Å². The van der Waals surface area contributed by atoms with Crippen LogP contribution in [0.3, 0.4) is 0 Å². The van der Waals surface area contributed by atoms with Crippen molar-refractivity contribution < 1.29 is 5.11 Å². The summed E-state index contributed by atoms with van der Waals surface area (Å²) in [5.41, 5.74) is 3.51. The molecule has 4 nitrogen and oxygen atoms in total. The lowest BCUT2D eigenvalue weighted by Gasteiger charge is -2.20. The Morgan fingerprint density at radius 3 is 2.53 bits per heavy atom. The van der Waals surface area contributed by atoms with Crippen LogP contribution >= 0.6 is 0 Å². The minimum atomic E-state index is -0.685. The van der Waals surface area contributed by atoms with Gasteiger partial charge in [-0.15, -0.1) is 0 Å². The normalized spacial score (nSPS) is 13.6. The minimum Gasteiger partial charge on any atom is -0.383 e. The van der Waals surface area contributed by atoms with Gasteiger partial charge in [0.05, 0.1) is 5.69 Å². The molecule has 19 heavy (non-hydrogen) atoms. The summed E-state index contributed by atoms with van der Waals surface area (Å²) in [6.07, 6.45) is 4.68. The number of nitrogens with zero attached hydrogens (tertiary/aromatic N) is 3. The fraction of sp³-hybridized carbons (Fsp3) is 0.467. The summed E-state index contributed by atoms with van der Waals surface area (Å²) in [6.45, 7) is 8.26. The summed E-state index contributed by atoms with van der Waals surface area (Å²) in [4.78, 5) is 4.14. The lowest BCUT2D eigenvalue weighted by molar-refractivity contribution is 0.217. The molecule has 0 saturated carbocycles. The van der Waals surface area contributed by atoms with Gasteiger partial charge in [-0.1, -0.05) is 26.8 Å². The van der Waals surface area contributed by atoms with Crippen molar-refractivity contribution in [1.82, 2.24) is 14.8 Å². The molecule has 4 heteroatoms. The molecule has 1 atom stereocenters. The van der Waals surface area contributed by atoms with Crippen molar-refractivity contribution in [2.45, 2.75) is 39.2 Å². The van der Waals surface area contributed by atoms with E-state index >= 15 is 0 Å². The Balaban J connectivity index is 2.47. The van der Waals surface area contributed by atoms with E-state index in [1.807, 2.05) is 26.2 Å². The molecular formula is C15H21N3O. The fourth-order valence-corrected chi connectivity index (χ4v) is 2.20. The molecule has 0 spiro atoms. The first-order valence-electron chi connectivity index (χ1n) is 6.42. The number of rotatable bonds is 2. The molecule has 2 rings (SSSR count). The molecule has 102 valence electrons. The van der Waals surface area contributed by atoms with Crippen LogP contribution in [0.4, 0.5) is 0 Å². The molecule has 0 fully saturated rings. The van der Waals surface area contributed by atoms with Crippen molar-refractivity contribution in [3.8, 4) is 0 Å². The standard InChI is InChI=1S/C15H21N3O/c1-10-6-11(8-16-7-10)13(19)12-9-18(5)17-14(12)15(2,3)4/h6-9,13,19H,1-5H3. The number of aryl methyl sites for hydroxylation is 2. The maximum Gasteiger partial charge on any atom is 0.109 e. The molecular weight excluding hydrogens is 238 g/mol. The zero-order valence-corrected chi connectivity index (χ0v) is 12.2. The topological polar surface area (TPSA) is 50.9 Å². The van der Waals surface area contributed by atoms with Crippen LogP contribution < -0.4 is 0 Å². The second-order valence-corrected chi connectivity index (χ2v) is 6.05. The predicted molar refractivity (Wildman–Crippen MR) is 74.9 cm³/mol. The third-order valence-corrected chi connectivity index (χ3v) is 3.07. The number of aromatic nitrogens is 3. The predicted octanol–water partition coefficient (Wildman–Crippen LogP) is 2.50. The molecule has 0 amide bonds. The van der Waals surface area contributed by atoms with E-state index in [4.69, 9.17) is 0 Å². The van der Waals surface area contributed by atoms with Crippen molar-refractivity contribution in [1.29, 1.82) is 0 Å². The van der Waals surface area contributed by atoms with Crippen molar-refractivity contribution >= 4 is 0 Å². The molecule has 0 aliphatic rings. The van der Waals surface area contributed by atoms with E-state index in [2.05, 4.69) is 30.9 Å². The van der Waals surface area contributed by atoms with Gasteiger partial charge in [0.2, 0.25) is 0 Å². The summed E-state index contributed by atoms with van der Waals surface area (Å²) in [5, 5.41) is 15.1. The highest BCUT2D eigenvalue weighted by Crippen LogP contribution is 2.31. The van der Waals surface area contributed by atoms with Gasteiger partial charge >= 0.3 is 0 Å². The number of hydrogen-bond acceptors (Lipinski definition) is 3. The molecule has 0 aliphatic carbocycles. The monoisotopic (exact) mass is 259 g/mol. The lowest BCUT2D eigenvalue weighted by atomic mass is 9.87. The van der Waals surface area contributed by atoms with Gasteiger partial charge in [0.25, 0.3) is 0 Å². The molecule has 0 bridgehead atoms. The van der Waals surface area contributed by atoms with Crippen molar-refractivity contribution in [2.75, 3.05) is 0 Å². The highest BCUT2D eigenvalue weighted by molar-refractivity contribution is 5.34. The average Bonchev–Trinajstić information content (AvgIpc) is 2.70. The van der Waals surface area contributed by atoms with Gasteiger partial charge in [-0.3, -0.25) is 9.67 Å². The Morgan fingerprint density at radius 2 is 1.95 bits per heavy atom. The van der Waals surface area contributed by atoms with Crippen LogP contribution in [-0.2, 0) is 12.5 Å². The molecule has 2 aromatic heterocycles. The Kier molecular flexibility index (Phi) is 3.45. The first-order valence-corrected chi connectivity index (χ1v) is 6.42. The molecule has 0 radical (unpaired) electrons. The zero-order chi connectivity index (χ0) is 14.2. The molecule has 0 aromatic carbocycles. The van der Waals surface area contributed by atoms with E-state index in [0.29, 0.717) is 0 Å². The Labute approximate surface area is 114 Å². The second-order valence-electron chi connectivity index (χ2n) is 6.05. The number of hydrogen-bond donors (Lipinski definition) is 1. The molecule has 0 saturated heterocycles. The van der Waals surface area contributed by atoms with E-state index in [0.717, 1.165) is 22.4 Å². The quantitative estimate of drug-likeness (QED) is 0.901. The maximum absolute atomic E-state index is 10.6. The van der Waals surface area contributed by atoms with Crippen LogP contribution in [0.15, 0.2) is 24.7 Å². The zero-order valence-electron chi connectivity index (χ0n) is 12.2. The van der Waals surface area contributed by atoms with Gasteiger partial charge in [-0.2, -0.15) is 5.10 Å². The van der Waals surface area contributed by atoms with Crippen LogP contribution in [0.1, 0.15) is 49.3 Å². The lowest BCUT2D eigenvalue weighted by Crippen LogP contribution is -2.16. The van der Waals surface area contributed by atoms with Crippen molar-refractivity contribution in [3.05, 3.63) is 47.0 Å². The summed E-state index contributed by atoms with van der Waals surface area (Å²) in [6, 6.07) is 1.96. The van der Waals surface area contributed by atoms with Gasteiger partial charge in [0.15, 0.2) is 0 Å².